The minimum absolute atomic E-state index is 0.196. The van der Waals surface area contributed by atoms with Crippen molar-refractivity contribution < 1.29 is 4.79 Å². The third-order valence-corrected chi connectivity index (χ3v) is 7.32. The standard InChI is InChI=1S/C17H30N2OS/c1-3-8-14-18-17(11-6-7-12-17)15(20)19(14)13-16(21-2)9-4-5-10-16/h14,18H,3-13H2,1-2H3. The number of hydrogen-bond donors (Lipinski definition) is 1. The first-order valence-electron chi connectivity index (χ1n) is 8.79. The Kier molecular flexibility index (Phi) is 4.56. The van der Waals surface area contributed by atoms with Gasteiger partial charge in [0.2, 0.25) is 5.91 Å². The maximum Gasteiger partial charge on any atom is 0.244 e. The molecule has 1 amide bonds. The summed E-state index contributed by atoms with van der Waals surface area (Å²) in [4.78, 5) is 15.3. The maximum absolute atomic E-state index is 13.1. The van der Waals surface area contributed by atoms with E-state index in [4.69, 9.17) is 0 Å². The van der Waals surface area contributed by atoms with E-state index in [0.717, 1.165) is 32.2 Å². The highest BCUT2D eigenvalue weighted by Crippen LogP contribution is 2.44. The predicted octanol–water partition coefficient (Wildman–Crippen LogP) is 3.53. The number of nitrogens with one attached hydrogen (secondary N) is 1. The Labute approximate surface area is 133 Å². The molecule has 0 radical (unpaired) electrons. The molecule has 0 aromatic rings. The van der Waals surface area contributed by atoms with Gasteiger partial charge in [-0.05, 0) is 38.4 Å². The molecule has 2 aliphatic carbocycles. The van der Waals surface area contributed by atoms with Gasteiger partial charge in [-0.25, -0.2) is 0 Å². The van der Waals surface area contributed by atoms with E-state index in [2.05, 4.69) is 23.4 Å². The Morgan fingerprint density at radius 1 is 1.19 bits per heavy atom. The summed E-state index contributed by atoms with van der Waals surface area (Å²) in [5.74, 6) is 0.416. The average molecular weight is 311 g/mol. The van der Waals surface area contributed by atoms with Crippen molar-refractivity contribution in [1.82, 2.24) is 10.2 Å². The number of thioether (sulfide) groups is 1. The van der Waals surface area contributed by atoms with Crippen LogP contribution in [0.3, 0.4) is 0 Å². The molecular formula is C17H30N2OS. The molecule has 4 heteroatoms. The molecule has 1 atom stereocenters. The fraction of sp³-hybridized carbons (Fsp3) is 0.941. The van der Waals surface area contributed by atoms with Gasteiger partial charge in [-0.1, -0.05) is 39.0 Å². The van der Waals surface area contributed by atoms with Crippen LogP contribution in [-0.2, 0) is 4.79 Å². The molecule has 0 aromatic carbocycles. The van der Waals surface area contributed by atoms with Crippen molar-refractivity contribution in [3.05, 3.63) is 0 Å². The van der Waals surface area contributed by atoms with E-state index >= 15 is 0 Å². The van der Waals surface area contributed by atoms with E-state index in [1.165, 1.54) is 38.5 Å². The molecule has 1 spiro atoms. The van der Waals surface area contributed by atoms with Crippen LogP contribution in [0, 0.1) is 0 Å². The van der Waals surface area contributed by atoms with Gasteiger partial charge in [-0.3, -0.25) is 10.1 Å². The molecule has 1 unspecified atom stereocenters. The van der Waals surface area contributed by atoms with Crippen LogP contribution < -0.4 is 5.32 Å². The summed E-state index contributed by atoms with van der Waals surface area (Å²) < 4.78 is 0.327. The lowest BCUT2D eigenvalue weighted by Gasteiger charge is -2.35. The SMILES string of the molecule is CCCC1NC2(CCCC2)C(=O)N1CC1(SC)CCCC1. The van der Waals surface area contributed by atoms with Gasteiger partial charge in [0.1, 0.15) is 0 Å². The summed E-state index contributed by atoms with van der Waals surface area (Å²) >= 11 is 2.00. The maximum atomic E-state index is 13.1. The molecule has 1 aliphatic heterocycles. The van der Waals surface area contributed by atoms with E-state index in [1.807, 2.05) is 11.8 Å². The summed E-state index contributed by atoms with van der Waals surface area (Å²) in [5, 5.41) is 3.75. The molecule has 3 fully saturated rings. The summed E-state index contributed by atoms with van der Waals surface area (Å²) in [6.45, 7) is 3.19. The number of amides is 1. The van der Waals surface area contributed by atoms with Gasteiger partial charge in [0, 0.05) is 11.3 Å². The molecule has 21 heavy (non-hydrogen) atoms. The Balaban J connectivity index is 1.79. The molecule has 2 saturated carbocycles. The van der Waals surface area contributed by atoms with Crippen LogP contribution in [0.5, 0.6) is 0 Å². The molecule has 1 heterocycles. The minimum Gasteiger partial charge on any atom is -0.324 e. The van der Waals surface area contributed by atoms with Crippen LogP contribution in [0.2, 0.25) is 0 Å². The lowest BCUT2D eigenvalue weighted by Crippen LogP contribution is -2.46. The second-order valence-electron chi connectivity index (χ2n) is 7.27. The first kappa shape index (κ1) is 15.7. The van der Waals surface area contributed by atoms with E-state index in [-0.39, 0.29) is 11.7 Å². The van der Waals surface area contributed by atoms with Crippen molar-refractivity contribution in [1.29, 1.82) is 0 Å². The highest BCUT2D eigenvalue weighted by Gasteiger charge is 2.53. The summed E-state index contributed by atoms with van der Waals surface area (Å²) in [5.41, 5.74) is -0.196. The van der Waals surface area contributed by atoms with Gasteiger partial charge >= 0.3 is 0 Å². The zero-order valence-corrected chi connectivity index (χ0v) is 14.4. The lowest BCUT2D eigenvalue weighted by molar-refractivity contribution is -0.133. The quantitative estimate of drug-likeness (QED) is 0.843. The fourth-order valence-corrected chi connectivity index (χ4v) is 5.62. The van der Waals surface area contributed by atoms with Gasteiger partial charge in [0.15, 0.2) is 0 Å². The van der Waals surface area contributed by atoms with Gasteiger partial charge < -0.3 is 4.90 Å². The highest BCUT2D eigenvalue weighted by atomic mass is 32.2. The average Bonchev–Trinajstić information content (AvgIpc) is 3.19. The highest BCUT2D eigenvalue weighted by molar-refractivity contribution is 8.00. The monoisotopic (exact) mass is 310 g/mol. The summed E-state index contributed by atoms with van der Waals surface area (Å²) in [6, 6.07) is 0. The molecule has 0 bridgehead atoms. The smallest absolute Gasteiger partial charge is 0.244 e. The molecule has 1 saturated heterocycles. The third-order valence-electron chi connectivity index (χ3n) is 5.91. The number of nitrogens with zero attached hydrogens (tertiary/aromatic N) is 1. The topological polar surface area (TPSA) is 32.3 Å². The number of rotatable bonds is 5. The minimum atomic E-state index is -0.196. The molecule has 120 valence electrons. The number of carbonyl (C=O) groups excluding carboxylic acids is 1. The Bertz CT molecular complexity index is 386. The van der Waals surface area contributed by atoms with E-state index in [0.29, 0.717) is 10.7 Å². The van der Waals surface area contributed by atoms with Crippen LogP contribution in [0.25, 0.3) is 0 Å². The Hall–Kier alpha value is -0.220. The predicted molar refractivity (Wildman–Crippen MR) is 89.5 cm³/mol. The summed E-state index contributed by atoms with van der Waals surface area (Å²) in [7, 11) is 0. The first-order valence-corrected chi connectivity index (χ1v) is 10.0. The fourth-order valence-electron chi connectivity index (χ4n) is 4.65. The van der Waals surface area contributed by atoms with Crippen molar-refractivity contribution in [3.63, 3.8) is 0 Å². The van der Waals surface area contributed by atoms with Gasteiger partial charge in [0.05, 0.1) is 11.7 Å². The second-order valence-corrected chi connectivity index (χ2v) is 8.54. The van der Waals surface area contributed by atoms with Crippen LogP contribution in [-0.4, -0.2) is 40.1 Å². The lowest BCUT2D eigenvalue weighted by atomic mass is 9.97. The third kappa shape index (κ3) is 2.74. The van der Waals surface area contributed by atoms with E-state index in [1.54, 1.807) is 0 Å². The van der Waals surface area contributed by atoms with Gasteiger partial charge in [-0.2, -0.15) is 11.8 Å². The zero-order valence-electron chi connectivity index (χ0n) is 13.6. The molecule has 3 aliphatic rings. The van der Waals surface area contributed by atoms with Gasteiger partial charge in [-0.15, -0.1) is 0 Å². The Morgan fingerprint density at radius 3 is 2.38 bits per heavy atom. The molecule has 1 N–H and O–H groups in total. The van der Waals surface area contributed by atoms with Crippen LogP contribution in [0.1, 0.15) is 71.1 Å². The number of hydrogen-bond acceptors (Lipinski definition) is 3. The van der Waals surface area contributed by atoms with Crippen molar-refractivity contribution in [2.45, 2.75) is 87.6 Å². The zero-order chi connectivity index (χ0) is 14.9. The normalized spacial score (nSPS) is 30.7. The molecule has 3 rings (SSSR count). The largest absolute Gasteiger partial charge is 0.324 e. The molecular weight excluding hydrogens is 280 g/mol. The van der Waals surface area contributed by atoms with Gasteiger partial charge in [0.25, 0.3) is 0 Å². The second kappa shape index (κ2) is 6.11. The van der Waals surface area contributed by atoms with Crippen LogP contribution in [0.4, 0.5) is 0 Å². The van der Waals surface area contributed by atoms with Crippen LogP contribution >= 0.6 is 11.8 Å². The first-order chi connectivity index (χ1) is 10.1. The van der Waals surface area contributed by atoms with E-state index < -0.39 is 0 Å². The number of carbonyl (C=O) groups is 1. The Morgan fingerprint density at radius 2 is 1.81 bits per heavy atom. The van der Waals surface area contributed by atoms with Crippen molar-refractivity contribution >= 4 is 17.7 Å². The van der Waals surface area contributed by atoms with Crippen molar-refractivity contribution in [2.24, 2.45) is 0 Å². The molecule has 3 nitrogen and oxygen atoms in total. The van der Waals surface area contributed by atoms with Crippen molar-refractivity contribution in [3.8, 4) is 0 Å². The summed E-state index contributed by atoms with van der Waals surface area (Å²) in [6.07, 6.45) is 14.5. The van der Waals surface area contributed by atoms with Crippen molar-refractivity contribution in [2.75, 3.05) is 12.8 Å². The van der Waals surface area contributed by atoms with Crippen LogP contribution in [0.15, 0.2) is 0 Å². The van der Waals surface area contributed by atoms with E-state index in [9.17, 15) is 4.79 Å². The molecule has 0 aromatic heterocycles.